The van der Waals surface area contributed by atoms with Gasteiger partial charge in [-0.25, -0.2) is 0 Å². The summed E-state index contributed by atoms with van der Waals surface area (Å²) in [5.74, 6) is 1.46. The van der Waals surface area contributed by atoms with E-state index in [-0.39, 0.29) is 0 Å². The normalized spacial score (nSPS) is 26.4. The first kappa shape index (κ1) is 16.0. The highest BCUT2D eigenvalue weighted by Gasteiger charge is 2.33. The summed E-state index contributed by atoms with van der Waals surface area (Å²) >= 11 is 1.89. The minimum atomic E-state index is 0.541. The lowest BCUT2D eigenvalue weighted by Crippen LogP contribution is -2.58. The van der Waals surface area contributed by atoms with Gasteiger partial charge in [-0.05, 0) is 36.6 Å². The highest BCUT2D eigenvalue weighted by atomic mass is 32.1. The zero-order chi connectivity index (χ0) is 14.7. The number of thiophene rings is 1. The van der Waals surface area contributed by atoms with Crippen molar-refractivity contribution in [2.24, 2.45) is 11.8 Å². The second-order valence-electron chi connectivity index (χ2n) is 6.93. The van der Waals surface area contributed by atoms with Crippen LogP contribution in [0.4, 0.5) is 0 Å². The molecule has 0 aromatic carbocycles. The van der Waals surface area contributed by atoms with Crippen molar-refractivity contribution in [1.29, 1.82) is 0 Å². The molecule has 2 heterocycles. The van der Waals surface area contributed by atoms with Crippen LogP contribution in [-0.2, 0) is 0 Å². The summed E-state index contributed by atoms with van der Waals surface area (Å²) in [6.45, 7) is 14.0. The minimum absolute atomic E-state index is 0.541. The molecule has 114 valence electrons. The van der Waals surface area contributed by atoms with E-state index in [0.717, 1.165) is 12.5 Å². The van der Waals surface area contributed by atoms with Gasteiger partial charge >= 0.3 is 0 Å². The molecule has 0 radical (unpaired) electrons. The van der Waals surface area contributed by atoms with E-state index >= 15 is 0 Å². The topological polar surface area (TPSA) is 15.3 Å². The largest absolute Gasteiger partial charge is 0.311 e. The highest BCUT2D eigenvalue weighted by Crippen LogP contribution is 2.30. The maximum atomic E-state index is 3.77. The fourth-order valence-electron chi connectivity index (χ4n) is 3.34. The summed E-state index contributed by atoms with van der Waals surface area (Å²) in [6.07, 6.45) is 1.28. The summed E-state index contributed by atoms with van der Waals surface area (Å²) in [7, 11) is 0. The molecule has 1 fully saturated rings. The van der Waals surface area contributed by atoms with E-state index < -0.39 is 0 Å². The van der Waals surface area contributed by atoms with Crippen molar-refractivity contribution < 1.29 is 0 Å². The Morgan fingerprint density at radius 1 is 1.30 bits per heavy atom. The molecule has 0 aliphatic carbocycles. The molecular formula is C17H30N2S. The monoisotopic (exact) mass is 294 g/mol. The number of rotatable bonds is 5. The third-order valence-electron chi connectivity index (χ3n) is 4.45. The van der Waals surface area contributed by atoms with Gasteiger partial charge in [0.25, 0.3) is 0 Å². The molecule has 0 amide bonds. The van der Waals surface area contributed by atoms with Crippen molar-refractivity contribution in [3.8, 4) is 0 Å². The summed E-state index contributed by atoms with van der Waals surface area (Å²) < 4.78 is 0. The van der Waals surface area contributed by atoms with Crippen LogP contribution < -0.4 is 5.32 Å². The SMILES string of the molecule is CC(C)CC1CN(C(C)c2cccs2)C(C(C)C)CN1. The Labute approximate surface area is 128 Å². The fourth-order valence-corrected chi connectivity index (χ4v) is 4.15. The maximum absolute atomic E-state index is 3.77. The van der Waals surface area contributed by atoms with Crippen LogP contribution in [0.2, 0.25) is 0 Å². The number of nitrogens with one attached hydrogen (secondary N) is 1. The van der Waals surface area contributed by atoms with Crippen molar-refractivity contribution in [3.05, 3.63) is 22.4 Å². The predicted molar refractivity (Wildman–Crippen MR) is 89.3 cm³/mol. The standard InChI is InChI=1S/C17H30N2S/c1-12(2)9-15-11-19(16(10-18-15)13(3)4)14(5)17-7-6-8-20-17/h6-8,12-16,18H,9-11H2,1-5H3. The first-order valence-corrected chi connectivity index (χ1v) is 8.89. The fraction of sp³-hybridized carbons (Fsp3) is 0.765. The second kappa shape index (κ2) is 7.06. The third-order valence-corrected chi connectivity index (χ3v) is 5.49. The first-order valence-electron chi connectivity index (χ1n) is 8.01. The van der Waals surface area contributed by atoms with Gasteiger partial charge in [0, 0.05) is 36.1 Å². The molecule has 1 aliphatic heterocycles. The quantitative estimate of drug-likeness (QED) is 0.877. The lowest BCUT2D eigenvalue weighted by atomic mass is 9.93. The molecule has 20 heavy (non-hydrogen) atoms. The van der Waals surface area contributed by atoms with Crippen molar-refractivity contribution in [2.75, 3.05) is 13.1 Å². The average molecular weight is 295 g/mol. The van der Waals surface area contributed by atoms with Gasteiger partial charge in [0.2, 0.25) is 0 Å². The van der Waals surface area contributed by atoms with E-state index in [4.69, 9.17) is 0 Å². The van der Waals surface area contributed by atoms with Gasteiger partial charge in [-0.3, -0.25) is 4.90 Å². The molecule has 1 aliphatic rings. The van der Waals surface area contributed by atoms with Crippen molar-refractivity contribution in [2.45, 2.75) is 59.2 Å². The van der Waals surface area contributed by atoms with Crippen LogP contribution >= 0.6 is 11.3 Å². The van der Waals surface area contributed by atoms with Crippen molar-refractivity contribution in [1.82, 2.24) is 10.2 Å². The molecule has 1 saturated heterocycles. The van der Waals surface area contributed by atoms with Gasteiger partial charge in [-0.1, -0.05) is 33.8 Å². The van der Waals surface area contributed by atoms with Gasteiger partial charge < -0.3 is 5.32 Å². The van der Waals surface area contributed by atoms with E-state index in [2.05, 4.69) is 62.3 Å². The number of piperazine rings is 1. The van der Waals surface area contributed by atoms with Crippen LogP contribution in [0.3, 0.4) is 0 Å². The Morgan fingerprint density at radius 3 is 2.60 bits per heavy atom. The van der Waals surface area contributed by atoms with E-state index in [0.29, 0.717) is 24.0 Å². The molecule has 2 rings (SSSR count). The maximum Gasteiger partial charge on any atom is 0.0417 e. The van der Waals surface area contributed by atoms with E-state index in [1.54, 1.807) is 0 Å². The summed E-state index contributed by atoms with van der Waals surface area (Å²) in [6, 6.07) is 6.29. The Hall–Kier alpha value is -0.380. The molecule has 3 atom stereocenters. The minimum Gasteiger partial charge on any atom is -0.311 e. The van der Waals surface area contributed by atoms with Crippen LogP contribution in [0.5, 0.6) is 0 Å². The molecule has 0 spiro atoms. The summed E-state index contributed by atoms with van der Waals surface area (Å²) in [5.41, 5.74) is 0. The van der Waals surface area contributed by atoms with Crippen LogP contribution in [-0.4, -0.2) is 30.1 Å². The molecule has 0 saturated carbocycles. The molecule has 2 nitrogen and oxygen atoms in total. The smallest absolute Gasteiger partial charge is 0.0417 e. The van der Waals surface area contributed by atoms with Crippen LogP contribution in [0, 0.1) is 11.8 Å². The molecule has 1 aromatic heterocycles. The van der Waals surface area contributed by atoms with Gasteiger partial charge in [-0.15, -0.1) is 11.3 Å². The zero-order valence-electron chi connectivity index (χ0n) is 13.6. The molecule has 1 N–H and O–H groups in total. The second-order valence-corrected chi connectivity index (χ2v) is 7.91. The Bertz CT molecular complexity index is 386. The van der Waals surface area contributed by atoms with Crippen LogP contribution in [0.25, 0.3) is 0 Å². The van der Waals surface area contributed by atoms with E-state index in [1.807, 2.05) is 11.3 Å². The van der Waals surface area contributed by atoms with Crippen LogP contribution in [0.1, 0.15) is 52.0 Å². The van der Waals surface area contributed by atoms with Gasteiger partial charge in [-0.2, -0.15) is 0 Å². The van der Waals surface area contributed by atoms with E-state index in [9.17, 15) is 0 Å². The number of hydrogen-bond donors (Lipinski definition) is 1. The van der Waals surface area contributed by atoms with Gasteiger partial charge in [0.05, 0.1) is 0 Å². The van der Waals surface area contributed by atoms with Gasteiger partial charge in [0.15, 0.2) is 0 Å². The highest BCUT2D eigenvalue weighted by molar-refractivity contribution is 7.10. The third kappa shape index (κ3) is 3.84. The molecular weight excluding hydrogens is 264 g/mol. The lowest BCUT2D eigenvalue weighted by Gasteiger charge is -2.45. The first-order chi connectivity index (χ1) is 9.49. The molecule has 3 heteroatoms. The lowest BCUT2D eigenvalue weighted by molar-refractivity contribution is 0.0584. The van der Waals surface area contributed by atoms with Crippen molar-refractivity contribution in [3.63, 3.8) is 0 Å². The predicted octanol–water partition coefficient (Wildman–Crippen LogP) is 4.15. The van der Waals surface area contributed by atoms with Crippen LogP contribution in [0.15, 0.2) is 17.5 Å². The Morgan fingerprint density at radius 2 is 2.05 bits per heavy atom. The van der Waals surface area contributed by atoms with E-state index in [1.165, 1.54) is 17.8 Å². The number of hydrogen-bond acceptors (Lipinski definition) is 3. The Kier molecular flexibility index (Phi) is 5.65. The molecule has 1 aromatic rings. The average Bonchev–Trinajstić information content (AvgIpc) is 2.90. The summed E-state index contributed by atoms with van der Waals surface area (Å²) in [4.78, 5) is 4.24. The van der Waals surface area contributed by atoms with Crippen molar-refractivity contribution >= 4 is 11.3 Å². The summed E-state index contributed by atoms with van der Waals surface area (Å²) in [5, 5.41) is 5.97. The Balaban J connectivity index is 2.10. The number of nitrogens with zero attached hydrogens (tertiary/aromatic N) is 1. The van der Waals surface area contributed by atoms with Gasteiger partial charge in [0.1, 0.15) is 0 Å². The molecule has 3 unspecified atom stereocenters. The molecule has 0 bridgehead atoms. The zero-order valence-corrected chi connectivity index (χ0v) is 14.4.